The number of hydrogen-bond donors (Lipinski definition) is 1. The Morgan fingerprint density at radius 2 is 2.10 bits per heavy atom. The number of halogens is 1. The van der Waals surface area contributed by atoms with Crippen LogP contribution >= 0.6 is 11.6 Å². The largest absolute Gasteiger partial charge is 0.493 e. The zero-order valence-electron chi connectivity index (χ0n) is 15.4. The van der Waals surface area contributed by atoms with Gasteiger partial charge in [0.05, 0.1) is 24.9 Å². The number of carbonyl (C=O) groups excluding carboxylic acids is 3. The van der Waals surface area contributed by atoms with Crippen molar-refractivity contribution in [2.45, 2.75) is 6.54 Å². The van der Waals surface area contributed by atoms with Gasteiger partial charge in [-0.05, 0) is 35.9 Å². The molecule has 2 heterocycles. The minimum atomic E-state index is -0.822. The molecule has 1 N–H and O–H groups in total. The van der Waals surface area contributed by atoms with Crippen LogP contribution in [0.2, 0.25) is 5.02 Å². The van der Waals surface area contributed by atoms with Gasteiger partial charge in [-0.25, -0.2) is 4.79 Å². The summed E-state index contributed by atoms with van der Waals surface area (Å²) in [5, 5.41) is 2.37. The van der Waals surface area contributed by atoms with Crippen LogP contribution in [-0.2, 0) is 16.1 Å². The molecule has 0 unspecified atom stereocenters. The maximum atomic E-state index is 12.8. The lowest BCUT2D eigenvalue weighted by atomic mass is 10.1. The van der Waals surface area contributed by atoms with E-state index in [9.17, 15) is 14.4 Å². The van der Waals surface area contributed by atoms with Crippen LogP contribution in [0.25, 0.3) is 6.08 Å². The highest BCUT2D eigenvalue weighted by Crippen LogP contribution is 2.37. The Morgan fingerprint density at radius 3 is 2.76 bits per heavy atom. The number of ether oxygens (including phenoxy) is 2. The fraction of sp³-hybridized carbons (Fsp3) is 0.150. The zero-order chi connectivity index (χ0) is 21.0. The molecular weight excluding hydrogens is 400 g/mol. The molecule has 29 heavy (non-hydrogen) atoms. The van der Waals surface area contributed by atoms with E-state index in [4.69, 9.17) is 25.5 Å². The molecule has 8 nitrogen and oxygen atoms in total. The van der Waals surface area contributed by atoms with Gasteiger partial charge in [-0.2, -0.15) is 0 Å². The third-order valence-corrected chi connectivity index (χ3v) is 4.27. The Morgan fingerprint density at radius 1 is 1.31 bits per heavy atom. The number of amides is 4. The topological polar surface area (TPSA) is 98.1 Å². The number of barbiturate groups is 1. The number of furan rings is 1. The number of nitrogens with one attached hydrogen (secondary N) is 1. The molecule has 150 valence electrons. The summed E-state index contributed by atoms with van der Waals surface area (Å²) >= 11 is 6.26. The number of urea groups is 1. The number of benzene rings is 1. The van der Waals surface area contributed by atoms with Crippen molar-refractivity contribution in [2.75, 3.05) is 13.7 Å². The first kappa shape index (κ1) is 20.2. The van der Waals surface area contributed by atoms with Gasteiger partial charge in [-0.3, -0.25) is 19.8 Å². The van der Waals surface area contributed by atoms with Crippen LogP contribution in [0.1, 0.15) is 11.3 Å². The van der Waals surface area contributed by atoms with E-state index in [1.54, 1.807) is 24.3 Å². The van der Waals surface area contributed by atoms with Crippen molar-refractivity contribution in [1.29, 1.82) is 0 Å². The summed E-state index contributed by atoms with van der Waals surface area (Å²) in [7, 11) is 1.44. The summed E-state index contributed by atoms with van der Waals surface area (Å²) in [4.78, 5) is 38.0. The van der Waals surface area contributed by atoms with Gasteiger partial charge in [0.1, 0.15) is 17.9 Å². The normalized spacial score (nSPS) is 15.4. The van der Waals surface area contributed by atoms with Gasteiger partial charge in [-0.1, -0.05) is 24.3 Å². The van der Waals surface area contributed by atoms with Gasteiger partial charge in [-0.15, -0.1) is 0 Å². The molecule has 0 radical (unpaired) electrons. The van der Waals surface area contributed by atoms with Gasteiger partial charge >= 0.3 is 6.03 Å². The van der Waals surface area contributed by atoms with Crippen LogP contribution in [0, 0.1) is 0 Å². The third kappa shape index (κ3) is 4.33. The van der Waals surface area contributed by atoms with Crippen LogP contribution in [0.15, 0.2) is 53.2 Å². The number of nitrogens with zero attached hydrogens (tertiary/aromatic N) is 1. The zero-order valence-corrected chi connectivity index (χ0v) is 16.2. The molecule has 4 amide bonds. The van der Waals surface area contributed by atoms with Gasteiger partial charge in [0.25, 0.3) is 11.8 Å². The van der Waals surface area contributed by atoms with Crippen molar-refractivity contribution in [3.63, 3.8) is 0 Å². The van der Waals surface area contributed by atoms with Crippen molar-refractivity contribution >= 4 is 35.5 Å². The molecule has 3 rings (SSSR count). The molecule has 0 spiro atoms. The predicted molar refractivity (Wildman–Crippen MR) is 104 cm³/mol. The molecule has 1 aliphatic rings. The first-order valence-electron chi connectivity index (χ1n) is 8.47. The fourth-order valence-corrected chi connectivity index (χ4v) is 2.94. The maximum absolute atomic E-state index is 12.8. The monoisotopic (exact) mass is 416 g/mol. The van der Waals surface area contributed by atoms with Gasteiger partial charge < -0.3 is 13.9 Å². The van der Waals surface area contributed by atoms with E-state index in [1.807, 2.05) is 0 Å². The summed E-state index contributed by atoms with van der Waals surface area (Å²) in [6.45, 7) is 3.69. The van der Waals surface area contributed by atoms with E-state index >= 15 is 0 Å². The molecule has 1 aromatic heterocycles. The Labute approximate surface area is 171 Å². The van der Waals surface area contributed by atoms with Gasteiger partial charge in [0.15, 0.2) is 11.5 Å². The minimum Gasteiger partial charge on any atom is -0.493 e. The van der Waals surface area contributed by atoms with E-state index in [0.29, 0.717) is 22.8 Å². The Kier molecular flexibility index (Phi) is 6.04. The Hall–Kier alpha value is -3.52. The lowest BCUT2D eigenvalue weighted by Crippen LogP contribution is -2.53. The van der Waals surface area contributed by atoms with Crippen LogP contribution in [0.5, 0.6) is 11.5 Å². The number of methoxy groups -OCH3 is 1. The summed E-state index contributed by atoms with van der Waals surface area (Å²) < 4.78 is 15.9. The molecule has 1 aromatic carbocycles. The highest BCUT2D eigenvalue weighted by Gasteiger charge is 2.36. The molecule has 1 aliphatic heterocycles. The molecule has 1 saturated heterocycles. The Bertz CT molecular complexity index is 997. The van der Waals surface area contributed by atoms with E-state index in [1.165, 1.54) is 25.5 Å². The molecule has 0 saturated carbocycles. The lowest BCUT2D eigenvalue weighted by molar-refractivity contribution is -0.130. The standard InChI is InChI=1S/C20H17ClN2O6/c1-3-6-29-17-15(21)9-12(10-16(17)27-2)8-14-18(24)22-20(26)23(19(14)25)11-13-5-4-7-28-13/h3-5,7-10H,1,6,11H2,2H3,(H,22,24,26). The summed E-state index contributed by atoms with van der Waals surface area (Å²) in [6, 6.07) is 5.51. The summed E-state index contributed by atoms with van der Waals surface area (Å²) in [5.74, 6) is -0.533. The quantitative estimate of drug-likeness (QED) is 0.423. The van der Waals surface area contributed by atoms with Crippen molar-refractivity contribution in [2.24, 2.45) is 0 Å². The SMILES string of the molecule is C=CCOc1c(Cl)cc(C=C2C(=O)NC(=O)N(Cc3ccco3)C2=O)cc1OC. The summed E-state index contributed by atoms with van der Waals surface area (Å²) in [5.41, 5.74) is 0.192. The molecular formula is C20H17ClN2O6. The smallest absolute Gasteiger partial charge is 0.331 e. The van der Waals surface area contributed by atoms with E-state index in [2.05, 4.69) is 11.9 Å². The number of hydrogen-bond acceptors (Lipinski definition) is 6. The molecule has 0 aliphatic carbocycles. The van der Waals surface area contributed by atoms with E-state index in [0.717, 1.165) is 4.90 Å². The average Bonchev–Trinajstić information content (AvgIpc) is 3.20. The van der Waals surface area contributed by atoms with Gasteiger partial charge in [0, 0.05) is 0 Å². The first-order chi connectivity index (χ1) is 13.9. The van der Waals surface area contributed by atoms with Crippen LogP contribution in [0.4, 0.5) is 4.79 Å². The highest BCUT2D eigenvalue weighted by atomic mass is 35.5. The lowest BCUT2D eigenvalue weighted by Gasteiger charge is -2.25. The fourth-order valence-electron chi connectivity index (χ4n) is 2.67. The van der Waals surface area contributed by atoms with Crippen LogP contribution in [0.3, 0.4) is 0 Å². The molecule has 1 fully saturated rings. The van der Waals surface area contributed by atoms with Crippen molar-refractivity contribution < 1.29 is 28.3 Å². The first-order valence-corrected chi connectivity index (χ1v) is 8.85. The molecule has 0 atom stereocenters. The summed E-state index contributed by atoms with van der Waals surface area (Å²) in [6.07, 6.45) is 4.31. The number of carbonyl (C=O) groups is 3. The second kappa shape index (κ2) is 8.66. The van der Waals surface area contributed by atoms with Crippen molar-refractivity contribution in [1.82, 2.24) is 10.2 Å². The molecule has 2 aromatic rings. The van der Waals surface area contributed by atoms with Crippen LogP contribution in [-0.4, -0.2) is 36.5 Å². The van der Waals surface area contributed by atoms with Gasteiger partial charge in [0.2, 0.25) is 0 Å². The molecule has 0 bridgehead atoms. The molecule has 9 heteroatoms. The average molecular weight is 417 g/mol. The third-order valence-electron chi connectivity index (χ3n) is 3.99. The van der Waals surface area contributed by atoms with Crippen LogP contribution < -0.4 is 14.8 Å². The van der Waals surface area contributed by atoms with E-state index < -0.39 is 17.8 Å². The van der Waals surface area contributed by atoms with E-state index in [-0.39, 0.29) is 23.7 Å². The van der Waals surface area contributed by atoms with Crippen molar-refractivity contribution in [3.8, 4) is 11.5 Å². The number of rotatable bonds is 7. The predicted octanol–water partition coefficient (Wildman–Crippen LogP) is 3.17. The van der Waals surface area contributed by atoms with Crippen molar-refractivity contribution in [3.05, 3.63) is 65.1 Å². The minimum absolute atomic E-state index is 0.110. The second-order valence-electron chi connectivity index (χ2n) is 5.92. The highest BCUT2D eigenvalue weighted by molar-refractivity contribution is 6.33. The Balaban J connectivity index is 1.94. The second-order valence-corrected chi connectivity index (χ2v) is 6.33. The number of imide groups is 2. The maximum Gasteiger partial charge on any atom is 0.331 e.